The highest BCUT2D eigenvalue weighted by molar-refractivity contribution is 6.21. The van der Waals surface area contributed by atoms with Gasteiger partial charge in [0.2, 0.25) is 5.91 Å². The summed E-state index contributed by atoms with van der Waals surface area (Å²) in [6.45, 7) is 3.45. The van der Waals surface area contributed by atoms with E-state index in [2.05, 4.69) is 4.90 Å². The highest BCUT2D eigenvalue weighted by Gasteiger charge is 2.35. The number of hydrogen-bond acceptors (Lipinski definition) is 4. The Morgan fingerprint density at radius 3 is 2.30 bits per heavy atom. The van der Waals surface area contributed by atoms with Crippen LogP contribution in [0.5, 0.6) is 0 Å². The molecule has 1 fully saturated rings. The van der Waals surface area contributed by atoms with Crippen LogP contribution in [-0.4, -0.2) is 72.2 Å². The van der Waals surface area contributed by atoms with Crippen molar-refractivity contribution in [2.75, 3.05) is 39.8 Å². The molecule has 0 N–H and O–H groups in total. The molecule has 1 aromatic rings. The van der Waals surface area contributed by atoms with Crippen molar-refractivity contribution in [1.82, 2.24) is 14.7 Å². The number of carbonyl (C=O) groups is 3. The summed E-state index contributed by atoms with van der Waals surface area (Å²) < 4.78 is 0. The Bertz CT molecular complexity index is 609. The van der Waals surface area contributed by atoms with E-state index in [4.69, 9.17) is 0 Å². The van der Waals surface area contributed by atoms with E-state index in [1.54, 1.807) is 24.3 Å². The predicted octanol–water partition coefficient (Wildman–Crippen LogP) is 0.837. The smallest absolute Gasteiger partial charge is 0.261 e. The molecule has 0 bridgehead atoms. The number of imide groups is 1. The number of likely N-dealkylation sites (N-methyl/N-ethyl adjacent to an activating group) is 1. The minimum absolute atomic E-state index is 0.0110. The number of amides is 3. The molecule has 6 nitrogen and oxygen atoms in total. The van der Waals surface area contributed by atoms with Crippen LogP contribution in [0.15, 0.2) is 24.3 Å². The fourth-order valence-electron chi connectivity index (χ4n) is 3.10. The van der Waals surface area contributed by atoms with E-state index >= 15 is 0 Å². The summed E-state index contributed by atoms with van der Waals surface area (Å²) in [5, 5.41) is 0. The minimum Gasteiger partial charge on any atom is -0.341 e. The van der Waals surface area contributed by atoms with Crippen molar-refractivity contribution in [2.24, 2.45) is 0 Å². The number of rotatable bonds is 3. The molecule has 2 aliphatic heterocycles. The average molecular weight is 315 g/mol. The van der Waals surface area contributed by atoms with Gasteiger partial charge in [-0.05, 0) is 32.1 Å². The molecular weight excluding hydrogens is 294 g/mol. The van der Waals surface area contributed by atoms with Gasteiger partial charge < -0.3 is 9.80 Å². The van der Waals surface area contributed by atoms with Gasteiger partial charge in [0, 0.05) is 32.6 Å². The maximum atomic E-state index is 12.4. The highest BCUT2D eigenvalue weighted by atomic mass is 16.2. The van der Waals surface area contributed by atoms with Crippen LogP contribution in [0.3, 0.4) is 0 Å². The van der Waals surface area contributed by atoms with Crippen LogP contribution in [0.2, 0.25) is 0 Å². The van der Waals surface area contributed by atoms with Crippen molar-refractivity contribution in [3.05, 3.63) is 35.4 Å². The van der Waals surface area contributed by atoms with Crippen molar-refractivity contribution >= 4 is 17.7 Å². The van der Waals surface area contributed by atoms with Gasteiger partial charge in [0.1, 0.15) is 0 Å². The Balaban J connectivity index is 1.60. The lowest BCUT2D eigenvalue weighted by atomic mass is 10.1. The lowest BCUT2D eigenvalue weighted by molar-refractivity contribution is -0.131. The molecule has 2 heterocycles. The largest absolute Gasteiger partial charge is 0.341 e. The third-order valence-corrected chi connectivity index (χ3v) is 4.50. The zero-order valence-corrected chi connectivity index (χ0v) is 13.3. The molecule has 0 saturated carbocycles. The van der Waals surface area contributed by atoms with Gasteiger partial charge in [-0.2, -0.15) is 0 Å². The molecule has 0 spiro atoms. The van der Waals surface area contributed by atoms with Gasteiger partial charge in [-0.3, -0.25) is 19.3 Å². The lowest BCUT2D eigenvalue weighted by Crippen LogP contribution is -2.38. The van der Waals surface area contributed by atoms with Gasteiger partial charge in [0.15, 0.2) is 0 Å². The lowest BCUT2D eigenvalue weighted by Gasteiger charge is -2.22. The molecule has 6 heteroatoms. The molecule has 0 aromatic heterocycles. The second-order valence-electron chi connectivity index (χ2n) is 6.10. The molecule has 1 aromatic carbocycles. The monoisotopic (exact) mass is 315 g/mol. The third kappa shape index (κ3) is 3.12. The van der Waals surface area contributed by atoms with Crippen LogP contribution in [0, 0.1) is 0 Å². The van der Waals surface area contributed by atoms with Crippen molar-refractivity contribution in [1.29, 1.82) is 0 Å². The van der Waals surface area contributed by atoms with Crippen molar-refractivity contribution in [3.63, 3.8) is 0 Å². The summed E-state index contributed by atoms with van der Waals surface area (Å²) in [7, 11) is 2.05. The summed E-state index contributed by atoms with van der Waals surface area (Å²) in [6, 6.07) is 6.79. The SMILES string of the molecule is CN1CCCN(C(=O)CCN2C(=O)c3ccccc3C2=O)CC1. The van der Waals surface area contributed by atoms with Gasteiger partial charge in [-0.25, -0.2) is 0 Å². The van der Waals surface area contributed by atoms with Gasteiger partial charge in [-0.1, -0.05) is 12.1 Å². The van der Waals surface area contributed by atoms with Crippen LogP contribution in [0.4, 0.5) is 0 Å². The van der Waals surface area contributed by atoms with Gasteiger partial charge in [0.25, 0.3) is 11.8 Å². The Kier molecular flexibility index (Phi) is 4.43. The van der Waals surface area contributed by atoms with Crippen LogP contribution >= 0.6 is 0 Å². The number of hydrogen-bond donors (Lipinski definition) is 0. The van der Waals surface area contributed by atoms with E-state index in [1.807, 2.05) is 11.9 Å². The third-order valence-electron chi connectivity index (χ3n) is 4.50. The number of carbonyl (C=O) groups excluding carboxylic acids is 3. The first kappa shape index (κ1) is 15.7. The minimum atomic E-state index is -0.297. The summed E-state index contributed by atoms with van der Waals surface area (Å²) >= 11 is 0. The highest BCUT2D eigenvalue weighted by Crippen LogP contribution is 2.22. The molecule has 23 heavy (non-hydrogen) atoms. The second-order valence-corrected chi connectivity index (χ2v) is 6.10. The Morgan fingerprint density at radius 1 is 1.00 bits per heavy atom. The van der Waals surface area contributed by atoms with Gasteiger partial charge >= 0.3 is 0 Å². The van der Waals surface area contributed by atoms with Gasteiger partial charge in [-0.15, -0.1) is 0 Å². The van der Waals surface area contributed by atoms with Gasteiger partial charge in [0.05, 0.1) is 11.1 Å². The van der Waals surface area contributed by atoms with Crippen molar-refractivity contribution in [2.45, 2.75) is 12.8 Å². The first-order valence-corrected chi connectivity index (χ1v) is 7.99. The quantitative estimate of drug-likeness (QED) is 0.776. The molecule has 2 aliphatic rings. The molecule has 3 amide bonds. The molecule has 0 atom stereocenters. The first-order chi connectivity index (χ1) is 11.1. The average Bonchev–Trinajstić information content (AvgIpc) is 2.71. The normalized spacial score (nSPS) is 19.0. The van der Waals surface area contributed by atoms with Crippen LogP contribution in [-0.2, 0) is 4.79 Å². The second kappa shape index (κ2) is 6.50. The Labute approximate surface area is 135 Å². The molecule has 122 valence electrons. The molecule has 1 saturated heterocycles. The predicted molar refractivity (Wildman–Crippen MR) is 85.1 cm³/mol. The Morgan fingerprint density at radius 2 is 1.65 bits per heavy atom. The molecule has 0 unspecified atom stereocenters. The number of fused-ring (bicyclic) bond motifs is 1. The molecular formula is C17H21N3O3. The molecule has 0 aliphatic carbocycles. The maximum Gasteiger partial charge on any atom is 0.261 e. The summed E-state index contributed by atoms with van der Waals surface area (Å²) in [5.74, 6) is -0.583. The summed E-state index contributed by atoms with van der Waals surface area (Å²) in [6.07, 6.45) is 1.14. The van der Waals surface area contributed by atoms with E-state index in [0.29, 0.717) is 17.7 Å². The molecule has 0 radical (unpaired) electrons. The number of nitrogens with zero attached hydrogens (tertiary/aromatic N) is 3. The standard InChI is InChI=1S/C17H21N3O3/c1-18-8-4-9-19(12-11-18)15(21)7-10-20-16(22)13-5-2-3-6-14(13)17(20)23/h2-3,5-6H,4,7-12H2,1H3. The van der Waals surface area contributed by atoms with Crippen LogP contribution in [0.1, 0.15) is 33.6 Å². The van der Waals surface area contributed by atoms with Crippen LogP contribution < -0.4 is 0 Å². The van der Waals surface area contributed by atoms with E-state index in [1.165, 1.54) is 4.90 Å². The molecule has 3 rings (SSSR count). The zero-order chi connectivity index (χ0) is 16.4. The maximum absolute atomic E-state index is 12.4. The fraction of sp³-hybridized carbons (Fsp3) is 0.471. The Hall–Kier alpha value is -2.21. The van der Waals surface area contributed by atoms with Crippen molar-refractivity contribution in [3.8, 4) is 0 Å². The van der Waals surface area contributed by atoms with E-state index in [-0.39, 0.29) is 30.7 Å². The topological polar surface area (TPSA) is 60.9 Å². The van der Waals surface area contributed by atoms with E-state index < -0.39 is 0 Å². The van der Waals surface area contributed by atoms with Crippen molar-refractivity contribution < 1.29 is 14.4 Å². The first-order valence-electron chi connectivity index (χ1n) is 7.99. The van der Waals surface area contributed by atoms with E-state index in [9.17, 15) is 14.4 Å². The zero-order valence-electron chi connectivity index (χ0n) is 13.3. The van der Waals surface area contributed by atoms with Crippen LogP contribution in [0.25, 0.3) is 0 Å². The summed E-state index contributed by atoms with van der Waals surface area (Å²) in [4.78, 5) is 42.1. The van der Waals surface area contributed by atoms with E-state index in [0.717, 1.165) is 26.1 Å². The fourth-order valence-corrected chi connectivity index (χ4v) is 3.10. The number of benzene rings is 1. The summed E-state index contributed by atoms with van der Waals surface area (Å²) in [5.41, 5.74) is 0.864.